The second kappa shape index (κ2) is 4.52. The van der Waals surface area contributed by atoms with Gasteiger partial charge in [0, 0.05) is 0 Å². The predicted octanol–water partition coefficient (Wildman–Crippen LogP) is 3.47. The molecule has 0 aromatic heterocycles. The zero-order chi connectivity index (χ0) is 13.3. The molecule has 0 fully saturated rings. The Labute approximate surface area is 112 Å². The van der Waals surface area contributed by atoms with Gasteiger partial charge in [0.05, 0.1) is 9.79 Å². The number of benzene rings is 3. The first-order valence-electron chi connectivity index (χ1n) is 5.88. The smallest absolute Gasteiger partial charge is 0.206 e. The summed E-state index contributed by atoms with van der Waals surface area (Å²) in [5.41, 5.74) is 0. The molecule has 0 aliphatic rings. The summed E-state index contributed by atoms with van der Waals surface area (Å²) in [4.78, 5) is 0.580. The highest BCUT2D eigenvalue weighted by atomic mass is 32.2. The van der Waals surface area contributed by atoms with Gasteiger partial charge in [-0.2, -0.15) is 0 Å². The monoisotopic (exact) mass is 267 g/mol. The first kappa shape index (κ1) is 11.9. The molecular weight excluding hydrogens is 256 g/mol. The molecule has 0 unspecified atom stereocenters. The first-order valence-corrected chi connectivity index (χ1v) is 7.37. The quantitative estimate of drug-likeness (QED) is 0.712. The highest BCUT2D eigenvalue weighted by Gasteiger charge is 2.17. The Kier molecular flexibility index (Phi) is 2.84. The minimum absolute atomic E-state index is 0.275. The van der Waals surface area contributed by atoms with Gasteiger partial charge in [0.1, 0.15) is 0 Å². The zero-order valence-electron chi connectivity index (χ0n) is 10.1. The van der Waals surface area contributed by atoms with Gasteiger partial charge in [-0.3, -0.25) is 0 Å². The van der Waals surface area contributed by atoms with Crippen LogP contribution in [-0.2, 0) is 9.84 Å². The van der Waals surface area contributed by atoms with E-state index in [0.717, 1.165) is 10.8 Å². The van der Waals surface area contributed by atoms with Crippen LogP contribution in [0.2, 0.25) is 0 Å². The normalized spacial score (nSPS) is 11.6. The fourth-order valence-electron chi connectivity index (χ4n) is 1.99. The minimum Gasteiger partial charge on any atom is -0.219 e. The van der Waals surface area contributed by atoms with E-state index < -0.39 is 9.84 Å². The number of hydrogen-bond donors (Lipinski definition) is 0. The Morgan fingerprint density at radius 1 is 0.789 bits per heavy atom. The van der Waals surface area contributed by atoms with E-state index in [2.05, 4.69) is 6.07 Å². The van der Waals surface area contributed by atoms with Crippen molar-refractivity contribution in [3.8, 4) is 0 Å². The van der Waals surface area contributed by atoms with Crippen molar-refractivity contribution in [3.63, 3.8) is 0 Å². The van der Waals surface area contributed by atoms with Crippen molar-refractivity contribution in [1.29, 1.82) is 0 Å². The Bertz CT molecular complexity index is 822. The summed E-state index contributed by atoms with van der Waals surface area (Å²) in [6.07, 6.45) is 0. The SMILES string of the molecule is O=S(=O)(c1ccccc1)c1c[c]c2ccccc2c1. The summed E-state index contributed by atoms with van der Waals surface area (Å²) in [6.45, 7) is 0. The van der Waals surface area contributed by atoms with Crippen LogP contribution >= 0.6 is 0 Å². The van der Waals surface area contributed by atoms with Crippen LogP contribution in [0, 0.1) is 6.07 Å². The third kappa shape index (κ3) is 2.13. The Hall–Kier alpha value is -2.13. The van der Waals surface area contributed by atoms with E-state index in [9.17, 15) is 8.42 Å². The third-order valence-corrected chi connectivity index (χ3v) is 4.74. The highest BCUT2D eigenvalue weighted by molar-refractivity contribution is 7.91. The second-order valence-electron chi connectivity index (χ2n) is 4.24. The highest BCUT2D eigenvalue weighted by Crippen LogP contribution is 2.24. The van der Waals surface area contributed by atoms with Gasteiger partial charge in [-0.15, -0.1) is 0 Å². The molecule has 0 saturated carbocycles. The average Bonchev–Trinajstić information content (AvgIpc) is 2.47. The van der Waals surface area contributed by atoms with Gasteiger partial charge in [-0.05, 0) is 41.1 Å². The van der Waals surface area contributed by atoms with Crippen LogP contribution < -0.4 is 0 Å². The van der Waals surface area contributed by atoms with Crippen molar-refractivity contribution < 1.29 is 8.42 Å². The maximum atomic E-state index is 12.5. The summed E-state index contributed by atoms with van der Waals surface area (Å²) in [5.74, 6) is 0. The van der Waals surface area contributed by atoms with Crippen LogP contribution in [0.5, 0.6) is 0 Å². The lowest BCUT2D eigenvalue weighted by atomic mass is 10.1. The van der Waals surface area contributed by atoms with Gasteiger partial charge >= 0.3 is 0 Å². The summed E-state index contributed by atoms with van der Waals surface area (Å²) >= 11 is 0. The van der Waals surface area contributed by atoms with Gasteiger partial charge in [0.25, 0.3) is 0 Å². The molecule has 2 nitrogen and oxygen atoms in total. The van der Waals surface area contributed by atoms with E-state index in [-0.39, 0.29) is 4.90 Å². The zero-order valence-corrected chi connectivity index (χ0v) is 10.9. The molecule has 0 aliphatic heterocycles. The summed E-state index contributed by atoms with van der Waals surface area (Å²) in [7, 11) is -3.46. The van der Waals surface area contributed by atoms with Gasteiger partial charge in [-0.25, -0.2) is 8.42 Å². The molecule has 0 bridgehead atoms. The number of sulfone groups is 1. The van der Waals surface area contributed by atoms with E-state index >= 15 is 0 Å². The van der Waals surface area contributed by atoms with Crippen LogP contribution in [-0.4, -0.2) is 8.42 Å². The van der Waals surface area contributed by atoms with E-state index in [1.807, 2.05) is 24.3 Å². The molecule has 3 aromatic rings. The fraction of sp³-hybridized carbons (Fsp3) is 0. The third-order valence-electron chi connectivity index (χ3n) is 2.99. The number of rotatable bonds is 2. The Morgan fingerprint density at radius 2 is 1.47 bits per heavy atom. The van der Waals surface area contributed by atoms with Crippen molar-refractivity contribution in [2.24, 2.45) is 0 Å². The van der Waals surface area contributed by atoms with E-state index in [0.29, 0.717) is 4.90 Å². The maximum absolute atomic E-state index is 12.5. The second-order valence-corrected chi connectivity index (χ2v) is 6.19. The van der Waals surface area contributed by atoms with Crippen molar-refractivity contribution in [2.45, 2.75) is 9.79 Å². The summed E-state index contributed by atoms with van der Waals surface area (Å²) in [6, 6.07) is 22.3. The van der Waals surface area contributed by atoms with Gasteiger partial charge in [-0.1, -0.05) is 42.5 Å². The van der Waals surface area contributed by atoms with E-state index in [1.54, 1.807) is 36.4 Å². The molecule has 93 valence electrons. The molecule has 3 heteroatoms. The Balaban J connectivity index is 2.19. The van der Waals surface area contributed by atoms with Crippen LogP contribution in [0.25, 0.3) is 10.8 Å². The molecule has 1 radical (unpaired) electrons. The topological polar surface area (TPSA) is 34.1 Å². The molecule has 3 aromatic carbocycles. The van der Waals surface area contributed by atoms with Crippen molar-refractivity contribution in [2.75, 3.05) is 0 Å². The maximum Gasteiger partial charge on any atom is 0.206 e. The molecule has 0 aliphatic carbocycles. The van der Waals surface area contributed by atoms with Crippen LogP contribution in [0.4, 0.5) is 0 Å². The van der Waals surface area contributed by atoms with E-state index in [1.165, 1.54) is 6.07 Å². The molecule has 19 heavy (non-hydrogen) atoms. The van der Waals surface area contributed by atoms with Crippen molar-refractivity contribution in [1.82, 2.24) is 0 Å². The fourth-order valence-corrected chi connectivity index (χ4v) is 3.27. The van der Waals surface area contributed by atoms with Crippen molar-refractivity contribution >= 4 is 20.6 Å². The molecule has 0 heterocycles. The van der Waals surface area contributed by atoms with Crippen molar-refractivity contribution in [3.05, 3.63) is 72.8 Å². The number of fused-ring (bicyclic) bond motifs is 1. The molecule has 3 rings (SSSR count). The van der Waals surface area contributed by atoms with Gasteiger partial charge in [0.15, 0.2) is 0 Å². The van der Waals surface area contributed by atoms with Gasteiger partial charge < -0.3 is 0 Å². The average molecular weight is 267 g/mol. The molecule has 0 atom stereocenters. The molecule has 0 amide bonds. The minimum atomic E-state index is -3.46. The molecule has 0 N–H and O–H groups in total. The first-order chi connectivity index (χ1) is 9.18. The largest absolute Gasteiger partial charge is 0.219 e. The van der Waals surface area contributed by atoms with Crippen LogP contribution in [0.1, 0.15) is 0 Å². The molecular formula is C16H11O2S. The van der Waals surface area contributed by atoms with E-state index in [4.69, 9.17) is 0 Å². The summed E-state index contributed by atoms with van der Waals surface area (Å²) in [5, 5.41) is 1.79. The lowest BCUT2D eigenvalue weighted by Crippen LogP contribution is -2.01. The lowest BCUT2D eigenvalue weighted by molar-refractivity contribution is 0.596. The van der Waals surface area contributed by atoms with Crippen LogP contribution in [0.3, 0.4) is 0 Å². The Morgan fingerprint density at radius 3 is 2.26 bits per heavy atom. The molecule has 0 saturated heterocycles. The summed E-state index contributed by atoms with van der Waals surface area (Å²) < 4.78 is 24.9. The molecule has 0 spiro atoms. The predicted molar refractivity (Wildman–Crippen MR) is 74.7 cm³/mol. The van der Waals surface area contributed by atoms with Crippen LogP contribution in [0.15, 0.2) is 76.5 Å². The number of hydrogen-bond acceptors (Lipinski definition) is 2. The lowest BCUT2D eigenvalue weighted by Gasteiger charge is -2.05. The standard InChI is InChI=1S/C16H11O2S/c17-19(18,15-8-2-1-3-9-15)16-11-10-13-6-4-5-7-14(13)12-16/h1-9,11-12H. The van der Waals surface area contributed by atoms with Gasteiger partial charge in [0.2, 0.25) is 9.84 Å².